The van der Waals surface area contributed by atoms with Crippen LogP contribution in [0.1, 0.15) is 25.3 Å². The van der Waals surface area contributed by atoms with Crippen molar-refractivity contribution in [2.24, 2.45) is 17.1 Å². The molecule has 0 spiro atoms. The van der Waals surface area contributed by atoms with Gasteiger partial charge in [0.05, 0.1) is 19.8 Å². The Hall–Kier alpha value is -1.29. The van der Waals surface area contributed by atoms with Gasteiger partial charge in [-0.2, -0.15) is 0 Å². The molecule has 1 fully saturated rings. The Kier molecular flexibility index (Phi) is 3.00. The molecule has 0 aliphatic heterocycles. The van der Waals surface area contributed by atoms with Crippen LogP contribution in [-0.4, -0.2) is 25.7 Å². The highest BCUT2D eigenvalue weighted by atomic mass is 16.5. The summed E-state index contributed by atoms with van der Waals surface area (Å²) >= 11 is 0. The zero-order valence-electron chi connectivity index (χ0n) is 10.9. The van der Waals surface area contributed by atoms with Gasteiger partial charge in [-0.15, -0.1) is 0 Å². The topological polar surface area (TPSA) is 57.4 Å². The Bertz CT molecular complexity index is 396. The summed E-state index contributed by atoms with van der Waals surface area (Å²) in [5.74, 6) is 2.32. The predicted octanol–water partition coefficient (Wildman–Crippen LogP) is 1.80. The van der Waals surface area contributed by atoms with Gasteiger partial charge in [-0.1, -0.05) is 13.8 Å². The summed E-state index contributed by atoms with van der Waals surface area (Å²) in [6, 6.07) is 1.87. The largest absolute Gasteiger partial charge is 0.496 e. The van der Waals surface area contributed by atoms with Gasteiger partial charge in [0.15, 0.2) is 0 Å². The minimum Gasteiger partial charge on any atom is -0.496 e. The molecule has 0 radical (unpaired) electrons. The number of nitrogens with zero attached hydrogens (tertiary/aromatic N) is 1. The van der Waals surface area contributed by atoms with Gasteiger partial charge in [-0.3, -0.25) is 0 Å². The summed E-state index contributed by atoms with van der Waals surface area (Å²) in [4.78, 5) is 4.26. The van der Waals surface area contributed by atoms with Crippen LogP contribution in [0.2, 0.25) is 0 Å². The number of hydrogen-bond donors (Lipinski definition) is 1. The number of pyridine rings is 1. The van der Waals surface area contributed by atoms with E-state index in [0.717, 1.165) is 11.3 Å². The van der Waals surface area contributed by atoms with Crippen LogP contribution in [0.4, 0.5) is 0 Å². The summed E-state index contributed by atoms with van der Waals surface area (Å²) in [5.41, 5.74) is 7.06. The van der Waals surface area contributed by atoms with E-state index in [9.17, 15) is 0 Å². The van der Waals surface area contributed by atoms with Crippen molar-refractivity contribution in [3.8, 4) is 11.6 Å². The molecular weight excluding hydrogens is 216 g/mol. The van der Waals surface area contributed by atoms with Crippen molar-refractivity contribution < 1.29 is 9.47 Å². The smallest absolute Gasteiger partial charge is 0.220 e. The van der Waals surface area contributed by atoms with E-state index in [0.29, 0.717) is 24.3 Å². The van der Waals surface area contributed by atoms with Gasteiger partial charge < -0.3 is 15.2 Å². The van der Waals surface area contributed by atoms with E-state index < -0.39 is 0 Å². The van der Waals surface area contributed by atoms with Crippen molar-refractivity contribution in [2.75, 3.05) is 20.8 Å². The van der Waals surface area contributed by atoms with Crippen LogP contribution in [-0.2, 0) is 0 Å². The highest BCUT2D eigenvalue weighted by Gasteiger charge is 2.59. The van der Waals surface area contributed by atoms with Crippen LogP contribution in [0.25, 0.3) is 0 Å². The molecular formula is C13H20N2O2. The molecule has 0 bridgehead atoms. The fraction of sp³-hybridized carbons (Fsp3) is 0.615. The molecule has 1 aliphatic rings. The molecule has 0 aromatic carbocycles. The Labute approximate surface area is 102 Å². The quantitative estimate of drug-likeness (QED) is 0.866. The third-order valence-electron chi connectivity index (χ3n) is 3.94. The molecule has 0 amide bonds. The van der Waals surface area contributed by atoms with Crippen molar-refractivity contribution >= 4 is 0 Å². The minimum atomic E-state index is 0.193. The average molecular weight is 236 g/mol. The van der Waals surface area contributed by atoms with Crippen LogP contribution in [0, 0.1) is 11.3 Å². The second-order valence-corrected chi connectivity index (χ2v) is 5.08. The second-order valence-electron chi connectivity index (χ2n) is 5.08. The van der Waals surface area contributed by atoms with Crippen molar-refractivity contribution in [1.29, 1.82) is 0 Å². The van der Waals surface area contributed by atoms with Gasteiger partial charge >= 0.3 is 0 Å². The van der Waals surface area contributed by atoms with Crippen molar-refractivity contribution in [1.82, 2.24) is 4.98 Å². The van der Waals surface area contributed by atoms with Gasteiger partial charge in [0, 0.05) is 12.1 Å². The third kappa shape index (κ3) is 1.76. The Morgan fingerprint density at radius 2 is 2.06 bits per heavy atom. The fourth-order valence-electron chi connectivity index (χ4n) is 2.82. The molecule has 1 saturated carbocycles. The molecule has 1 aromatic heterocycles. The van der Waals surface area contributed by atoms with E-state index in [2.05, 4.69) is 18.8 Å². The zero-order valence-corrected chi connectivity index (χ0v) is 10.9. The van der Waals surface area contributed by atoms with E-state index in [-0.39, 0.29) is 5.41 Å². The molecule has 17 heavy (non-hydrogen) atoms. The Morgan fingerprint density at radius 1 is 1.35 bits per heavy atom. The predicted molar refractivity (Wildman–Crippen MR) is 66.4 cm³/mol. The lowest BCUT2D eigenvalue weighted by atomic mass is 10.0. The van der Waals surface area contributed by atoms with Crippen molar-refractivity contribution in [3.63, 3.8) is 0 Å². The van der Waals surface area contributed by atoms with E-state index in [4.69, 9.17) is 15.2 Å². The first-order chi connectivity index (χ1) is 8.07. The molecule has 94 valence electrons. The molecule has 1 heterocycles. The fourth-order valence-corrected chi connectivity index (χ4v) is 2.82. The molecule has 4 nitrogen and oxygen atoms in total. The molecule has 4 heteroatoms. The van der Waals surface area contributed by atoms with E-state index in [1.807, 2.05) is 6.07 Å². The van der Waals surface area contributed by atoms with E-state index in [1.165, 1.54) is 0 Å². The molecule has 2 unspecified atom stereocenters. The van der Waals surface area contributed by atoms with Crippen LogP contribution in [0.3, 0.4) is 0 Å². The molecule has 2 rings (SSSR count). The standard InChI is InChI=1S/C13H20N2O2/c1-13(2)8(7-14)11(13)10-9(16-3)5-6-15-12(10)17-4/h5-6,8,11H,7,14H2,1-4H3. The molecule has 2 N–H and O–H groups in total. The maximum absolute atomic E-state index is 5.82. The Balaban J connectivity index is 2.45. The number of methoxy groups -OCH3 is 2. The van der Waals surface area contributed by atoms with Crippen LogP contribution >= 0.6 is 0 Å². The van der Waals surface area contributed by atoms with E-state index in [1.54, 1.807) is 20.4 Å². The van der Waals surface area contributed by atoms with Gasteiger partial charge in [-0.05, 0) is 23.9 Å². The van der Waals surface area contributed by atoms with Gasteiger partial charge in [0.2, 0.25) is 5.88 Å². The lowest BCUT2D eigenvalue weighted by Crippen LogP contribution is -2.05. The number of hydrogen-bond acceptors (Lipinski definition) is 4. The number of nitrogens with two attached hydrogens (primary N) is 1. The summed E-state index contributed by atoms with van der Waals surface area (Å²) in [6.45, 7) is 5.13. The summed E-state index contributed by atoms with van der Waals surface area (Å²) in [5, 5.41) is 0. The minimum absolute atomic E-state index is 0.193. The number of aromatic nitrogens is 1. The highest BCUT2D eigenvalue weighted by molar-refractivity contribution is 5.48. The lowest BCUT2D eigenvalue weighted by molar-refractivity contribution is 0.370. The lowest BCUT2D eigenvalue weighted by Gasteiger charge is -2.12. The number of ether oxygens (including phenoxy) is 2. The molecule has 1 aromatic rings. The first kappa shape index (κ1) is 12.2. The summed E-state index contributed by atoms with van der Waals surface area (Å²) < 4.78 is 10.8. The van der Waals surface area contributed by atoms with Crippen LogP contribution in [0.5, 0.6) is 11.6 Å². The van der Waals surface area contributed by atoms with Gasteiger partial charge in [0.25, 0.3) is 0 Å². The summed E-state index contributed by atoms with van der Waals surface area (Å²) in [7, 11) is 3.31. The maximum atomic E-state index is 5.82. The van der Waals surface area contributed by atoms with Gasteiger partial charge in [-0.25, -0.2) is 4.98 Å². The van der Waals surface area contributed by atoms with Gasteiger partial charge in [0.1, 0.15) is 5.75 Å². The van der Waals surface area contributed by atoms with Crippen LogP contribution < -0.4 is 15.2 Å². The average Bonchev–Trinajstić information content (AvgIpc) is 2.89. The Morgan fingerprint density at radius 3 is 2.53 bits per heavy atom. The summed E-state index contributed by atoms with van der Waals surface area (Å²) in [6.07, 6.45) is 1.70. The zero-order chi connectivity index (χ0) is 12.6. The van der Waals surface area contributed by atoms with Crippen molar-refractivity contribution in [2.45, 2.75) is 19.8 Å². The number of rotatable bonds is 4. The second kappa shape index (κ2) is 4.18. The third-order valence-corrected chi connectivity index (χ3v) is 3.94. The van der Waals surface area contributed by atoms with E-state index >= 15 is 0 Å². The highest BCUT2D eigenvalue weighted by Crippen LogP contribution is 2.66. The molecule has 2 atom stereocenters. The first-order valence-electron chi connectivity index (χ1n) is 5.84. The SMILES string of the molecule is COc1ccnc(OC)c1C1C(CN)C1(C)C. The maximum Gasteiger partial charge on any atom is 0.220 e. The van der Waals surface area contributed by atoms with Crippen molar-refractivity contribution in [3.05, 3.63) is 17.8 Å². The first-order valence-corrected chi connectivity index (χ1v) is 5.84. The monoisotopic (exact) mass is 236 g/mol. The normalized spacial score (nSPS) is 25.5. The van der Waals surface area contributed by atoms with Crippen LogP contribution in [0.15, 0.2) is 12.3 Å². The molecule has 1 aliphatic carbocycles. The molecule has 0 saturated heterocycles.